The Morgan fingerprint density at radius 1 is 1.43 bits per heavy atom. The van der Waals surface area contributed by atoms with Crippen LogP contribution in [0.25, 0.3) is 0 Å². The van der Waals surface area contributed by atoms with E-state index in [1.807, 2.05) is 13.8 Å². The van der Waals surface area contributed by atoms with E-state index in [9.17, 15) is 9.59 Å². The highest BCUT2D eigenvalue weighted by Gasteiger charge is 2.15. The summed E-state index contributed by atoms with van der Waals surface area (Å²) < 4.78 is 4.99. The predicted molar refractivity (Wildman–Crippen MR) is 78.5 cm³/mol. The Kier molecular flexibility index (Phi) is 6.61. The van der Waals surface area contributed by atoms with E-state index >= 15 is 0 Å². The number of nitrogens with zero attached hydrogens (tertiary/aromatic N) is 2. The van der Waals surface area contributed by atoms with Crippen LogP contribution in [0.1, 0.15) is 24.2 Å². The van der Waals surface area contributed by atoms with Gasteiger partial charge in [-0.15, -0.1) is 0 Å². The normalized spacial score (nSPS) is 10.5. The molecule has 0 radical (unpaired) electrons. The molecule has 0 saturated heterocycles. The molecular weight excluding hydrogens is 274 g/mol. The standard InChI is InChI=1S/C14H21N3O4/c1-10(2)9-17(4-5-21-3)14(20)16-12-6-11(13(18)19)7-15-8-12/h6-8,10H,4-5,9H2,1-3H3,(H,16,20)(H,18,19). The van der Waals surface area contributed by atoms with Crippen LogP contribution in [0.3, 0.4) is 0 Å². The second-order valence-electron chi connectivity index (χ2n) is 5.03. The number of rotatable bonds is 7. The van der Waals surface area contributed by atoms with Gasteiger partial charge in [-0.2, -0.15) is 0 Å². The van der Waals surface area contributed by atoms with Gasteiger partial charge in [0.15, 0.2) is 0 Å². The number of methoxy groups -OCH3 is 1. The minimum absolute atomic E-state index is 0.0279. The van der Waals surface area contributed by atoms with Gasteiger partial charge in [0.2, 0.25) is 0 Å². The molecule has 2 amide bonds. The van der Waals surface area contributed by atoms with E-state index in [2.05, 4.69) is 10.3 Å². The van der Waals surface area contributed by atoms with Crippen molar-refractivity contribution in [2.24, 2.45) is 5.92 Å². The van der Waals surface area contributed by atoms with E-state index in [4.69, 9.17) is 9.84 Å². The van der Waals surface area contributed by atoms with Crippen molar-refractivity contribution in [3.8, 4) is 0 Å². The molecule has 7 heteroatoms. The summed E-state index contributed by atoms with van der Waals surface area (Å²) in [5.41, 5.74) is 0.381. The van der Waals surface area contributed by atoms with Crippen molar-refractivity contribution in [1.29, 1.82) is 0 Å². The van der Waals surface area contributed by atoms with Gasteiger partial charge in [0.05, 0.1) is 24.1 Å². The van der Waals surface area contributed by atoms with Crippen LogP contribution in [0, 0.1) is 5.92 Å². The Morgan fingerprint density at radius 2 is 2.14 bits per heavy atom. The third kappa shape index (κ3) is 5.78. The van der Waals surface area contributed by atoms with E-state index in [0.717, 1.165) is 0 Å². The largest absolute Gasteiger partial charge is 0.478 e. The molecule has 0 saturated carbocycles. The lowest BCUT2D eigenvalue weighted by Crippen LogP contribution is -2.39. The molecule has 116 valence electrons. The summed E-state index contributed by atoms with van der Waals surface area (Å²) in [6.45, 7) is 5.51. The number of ether oxygens (including phenoxy) is 1. The highest BCUT2D eigenvalue weighted by Crippen LogP contribution is 2.10. The fraction of sp³-hybridized carbons (Fsp3) is 0.500. The molecule has 0 aliphatic carbocycles. The van der Waals surface area contributed by atoms with Crippen molar-refractivity contribution in [2.45, 2.75) is 13.8 Å². The Labute approximate surface area is 123 Å². The lowest BCUT2D eigenvalue weighted by molar-refractivity contribution is 0.0696. The number of hydrogen-bond donors (Lipinski definition) is 2. The quantitative estimate of drug-likeness (QED) is 0.801. The molecule has 21 heavy (non-hydrogen) atoms. The second-order valence-corrected chi connectivity index (χ2v) is 5.03. The van der Waals surface area contributed by atoms with Crippen molar-refractivity contribution in [1.82, 2.24) is 9.88 Å². The summed E-state index contributed by atoms with van der Waals surface area (Å²) in [4.78, 5) is 28.5. The number of carboxylic acids is 1. The highest BCUT2D eigenvalue weighted by atomic mass is 16.5. The number of aromatic nitrogens is 1. The maximum Gasteiger partial charge on any atom is 0.337 e. The van der Waals surface area contributed by atoms with E-state index in [0.29, 0.717) is 31.3 Å². The molecule has 7 nitrogen and oxygen atoms in total. The molecular formula is C14H21N3O4. The average molecular weight is 295 g/mol. The summed E-state index contributed by atoms with van der Waals surface area (Å²) in [5.74, 6) is -0.770. The number of urea groups is 1. The van der Waals surface area contributed by atoms with Gasteiger partial charge in [-0.1, -0.05) is 13.8 Å². The smallest absolute Gasteiger partial charge is 0.337 e. The van der Waals surface area contributed by atoms with Gasteiger partial charge in [-0.3, -0.25) is 4.98 Å². The minimum Gasteiger partial charge on any atom is -0.478 e. The lowest BCUT2D eigenvalue weighted by atomic mass is 10.2. The van der Waals surface area contributed by atoms with E-state index in [1.54, 1.807) is 12.0 Å². The van der Waals surface area contributed by atoms with Crippen LogP contribution in [-0.2, 0) is 4.74 Å². The van der Waals surface area contributed by atoms with Gasteiger partial charge in [0, 0.05) is 26.4 Å². The zero-order valence-electron chi connectivity index (χ0n) is 12.5. The molecule has 0 aliphatic heterocycles. The Morgan fingerprint density at radius 3 is 2.71 bits per heavy atom. The summed E-state index contributed by atoms with van der Waals surface area (Å²) >= 11 is 0. The van der Waals surface area contributed by atoms with Crippen molar-refractivity contribution in [2.75, 3.05) is 32.1 Å². The topological polar surface area (TPSA) is 91.8 Å². The SMILES string of the molecule is COCCN(CC(C)C)C(=O)Nc1cncc(C(=O)O)c1. The van der Waals surface area contributed by atoms with Crippen molar-refractivity contribution in [3.63, 3.8) is 0 Å². The van der Waals surface area contributed by atoms with Crippen LogP contribution >= 0.6 is 0 Å². The summed E-state index contributed by atoms with van der Waals surface area (Å²) in [6.07, 6.45) is 2.64. The molecule has 1 heterocycles. The van der Waals surface area contributed by atoms with Crippen LogP contribution in [0.2, 0.25) is 0 Å². The van der Waals surface area contributed by atoms with Gasteiger partial charge in [-0.05, 0) is 12.0 Å². The molecule has 0 aromatic carbocycles. The number of carbonyl (C=O) groups excluding carboxylic acids is 1. The Bertz CT molecular complexity index is 491. The fourth-order valence-electron chi connectivity index (χ4n) is 1.75. The highest BCUT2D eigenvalue weighted by molar-refractivity contribution is 5.92. The first-order valence-corrected chi connectivity index (χ1v) is 6.67. The molecule has 1 rings (SSSR count). The van der Waals surface area contributed by atoms with Crippen LogP contribution in [0.15, 0.2) is 18.5 Å². The first-order valence-electron chi connectivity index (χ1n) is 6.67. The van der Waals surface area contributed by atoms with Gasteiger partial charge < -0.3 is 20.1 Å². The average Bonchev–Trinajstić information content (AvgIpc) is 2.43. The molecule has 0 spiro atoms. The van der Waals surface area contributed by atoms with Gasteiger partial charge in [-0.25, -0.2) is 9.59 Å². The van der Waals surface area contributed by atoms with Crippen LogP contribution in [0.5, 0.6) is 0 Å². The van der Waals surface area contributed by atoms with Crippen LogP contribution < -0.4 is 5.32 Å². The van der Waals surface area contributed by atoms with Gasteiger partial charge >= 0.3 is 12.0 Å². The molecule has 0 fully saturated rings. The first-order chi connectivity index (χ1) is 9.93. The number of nitrogens with one attached hydrogen (secondary N) is 1. The molecule has 2 N–H and O–H groups in total. The Balaban J connectivity index is 2.75. The maximum absolute atomic E-state index is 12.2. The van der Waals surface area contributed by atoms with E-state index in [1.165, 1.54) is 18.5 Å². The molecule has 0 atom stereocenters. The number of pyridine rings is 1. The number of carbonyl (C=O) groups is 2. The fourth-order valence-corrected chi connectivity index (χ4v) is 1.75. The predicted octanol–water partition coefficient (Wildman–Crippen LogP) is 1.92. The van der Waals surface area contributed by atoms with Crippen molar-refractivity contribution in [3.05, 3.63) is 24.0 Å². The van der Waals surface area contributed by atoms with Gasteiger partial charge in [0.1, 0.15) is 0 Å². The molecule has 0 aliphatic rings. The van der Waals surface area contributed by atoms with Crippen molar-refractivity contribution >= 4 is 17.7 Å². The van der Waals surface area contributed by atoms with E-state index in [-0.39, 0.29) is 11.6 Å². The zero-order chi connectivity index (χ0) is 15.8. The van der Waals surface area contributed by atoms with Crippen LogP contribution in [0.4, 0.5) is 10.5 Å². The number of amides is 2. The molecule has 0 bridgehead atoms. The first kappa shape index (κ1) is 16.9. The third-order valence-corrected chi connectivity index (χ3v) is 2.67. The minimum atomic E-state index is -1.09. The van der Waals surface area contributed by atoms with Crippen LogP contribution in [-0.4, -0.2) is 53.8 Å². The molecule has 1 aromatic heterocycles. The lowest BCUT2D eigenvalue weighted by Gasteiger charge is -2.24. The second kappa shape index (κ2) is 8.21. The summed E-state index contributed by atoms with van der Waals surface area (Å²) in [6, 6.07) is 1.07. The maximum atomic E-state index is 12.2. The monoisotopic (exact) mass is 295 g/mol. The number of anilines is 1. The van der Waals surface area contributed by atoms with Gasteiger partial charge in [0.25, 0.3) is 0 Å². The Hall–Kier alpha value is -2.15. The van der Waals surface area contributed by atoms with Crippen molar-refractivity contribution < 1.29 is 19.4 Å². The number of aromatic carboxylic acids is 1. The third-order valence-electron chi connectivity index (χ3n) is 2.67. The van der Waals surface area contributed by atoms with E-state index < -0.39 is 5.97 Å². The molecule has 1 aromatic rings. The number of hydrogen-bond acceptors (Lipinski definition) is 4. The summed E-state index contributed by atoms with van der Waals surface area (Å²) in [7, 11) is 1.58. The number of carboxylic acid groups (broad SMARTS) is 1. The zero-order valence-corrected chi connectivity index (χ0v) is 12.5. The molecule has 0 unspecified atom stereocenters. The summed E-state index contributed by atoms with van der Waals surface area (Å²) in [5, 5.41) is 11.6.